The fourth-order valence-corrected chi connectivity index (χ4v) is 2.20. The smallest absolute Gasteiger partial charge is 0.341 e. The summed E-state index contributed by atoms with van der Waals surface area (Å²) < 4.78 is 17.9. The summed E-state index contributed by atoms with van der Waals surface area (Å²) in [5.74, 6) is -1.72. The molecule has 7 heteroatoms. The lowest BCUT2D eigenvalue weighted by molar-refractivity contribution is 0.0696. The van der Waals surface area contributed by atoms with Gasteiger partial charge in [0, 0.05) is 5.56 Å². The van der Waals surface area contributed by atoms with Crippen LogP contribution in [0.5, 0.6) is 0 Å². The fraction of sp³-hybridized carbons (Fsp3) is 0.0909. The number of carbonyl (C=O) groups is 1. The van der Waals surface area contributed by atoms with Gasteiger partial charge in [-0.1, -0.05) is 28.4 Å². The van der Waals surface area contributed by atoms with Crippen LogP contribution in [0.2, 0.25) is 10.0 Å². The number of aryl methyl sites for hydroxylation is 1. The van der Waals surface area contributed by atoms with Crippen LogP contribution in [0, 0.1) is 12.7 Å². The van der Waals surface area contributed by atoms with Crippen molar-refractivity contribution in [3.8, 4) is 11.3 Å². The van der Waals surface area contributed by atoms with Crippen molar-refractivity contribution < 1.29 is 18.8 Å². The van der Waals surface area contributed by atoms with Crippen LogP contribution in [0.1, 0.15) is 16.1 Å². The van der Waals surface area contributed by atoms with Gasteiger partial charge in [0.15, 0.2) is 0 Å². The summed E-state index contributed by atoms with van der Waals surface area (Å²) in [7, 11) is 0. The van der Waals surface area contributed by atoms with E-state index in [0.29, 0.717) is 0 Å². The lowest BCUT2D eigenvalue weighted by Crippen LogP contribution is -2.00. The zero-order valence-electron chi connectivity index (χ0n) is 9.00. The maximum atomic E-state index is 13.1. The molecule has 2 aromatic rings. The lowest BCUT2D eigenvalue weighted by atomic mass is 10.1. The van der Waals surface area contributed by atoms with Crippen LogP contribution in [0.15, 0.2) is 16.7 Å². The Labute approximate surface area is 111 Å². The molecule has 0 aliphatic heterocycles. The first-order chi connectivity index (χ1) is 8.41. The molecule has 0 saturated heterocycles. The number of nitrogens with zero attached hydrogens (tertiary/aromatic N) is 1. The van der Waals surface area contributed by atoms with Crippen molar-refractivity contribution in [3.05, 3.63) is 39.3 Å². The number of carboxylic acid groups (broad SMARTS) is 1. The summed E-state index contributed by atoms with van der Waals surface area (Å²) in [6.07, 6.45) is 0. The van der Waals surface area contributed by atoms with Gasteiger partial charge in [0.05, 0.1) is 10.0 Å². The van der Waals surface area contributed by atoms with Gasteiger partial charge in [-0.15, -0.1) is 0 Å². The van der Waals surface area contributed by atoms with E-state index >= 15 is 0 Å². The molecule has 2 rings (SSSR count). The van der Waals surface area contributed by atoms with Crippen LogP contribution in [-0.2, 0) is 0 Å². The van der Waals surface area contributed by atoms with Crippen molar-refractivity contribution in [1.82, 2.24) is 5.16 Å². The van der Waals surface area contributed by atoms with E-state index in [1.807, 2.05) is 0 Å². The highest BCUT2D eigenvalue weighted by molar-refractivity contribution is 6.39. The largest absolute Gasteiger partial charge is 0.477 e. The van der Waals surface area contributed by atoms with E-state index in [9.17, 15) is 9.18 Å². The Hall–Kier alpha value is -1.59. The van der Waals surface area contributed by atoms with Crippen molar-refractivity contribution in [2.24, 2.45) is 0 Å². The molecule has 1 aromatic carbocycles. The van der Waals surface area contributed by atoms with Gasteiger partial charge >= 0.3 is 5.97 Å². The summed E-state index contributed by atoms with van der Waals surface area (Å²) in [5, 5.41) is 12.6. The van der Waals surface area contributed by atoms with Crippen LogP contribution in [0.3, 0.4) is 0 Å². The third-order valence-corrected chi connectivity index (χ3v) is 2.92. The van der Waals surface area contributed by atoms with E-state index in [2.05, 4.69) is 5.16 Å². The van der Waals surface area contributed by atoms with Gasteiger partial charge in [-0.3, -0.25) is 0 Å². The fourth-order valence-electron chi connectivity index (χ4n) is 1.56. The summed E-state index contributed by atoms with van der Waals surface area (Å²) in [4.78, 5) is 11.1. The quantitative estimate of drug-likeness (QED) is 0.913. The number of carboxylic acids is 1. The normalized spacial score (nSPS) is 10.7. The molecule has 0 saturated carbocycles. The maximum Gasteiger partial charge on any atom is 0.341 e. The van der Waals surface area contributed by atoms with Gasteiger partial charge in [0.2, 0.25) is 0 Å². The van der Waals surface area contributed by atoms with E-state index in [1.165, 1.54) is 6.92 Å². The summed E-state index contributed by atoms with van der Waals surface area (Å²) in [6, 6.07) is 2.05. The second kappa shape index (κ2) is 4.59. The van der Waals surface area contributed by atoms with E-state index < -0.39 is 11.8 Å². The molecule has 0 aliphatic rings. The van der Waals surface area contributed by atoms with Gasteiger partial charge in [-0.25, -0.2) is 9.18 Å². The van der Waals surface area contributed by atoms with Crippen molar-refractivity contribution >= 4 is 29.2 Å². The number of benzene rings is 1. The minimum Gasteiger partial charge on any atom is -0.477 e. The Morgan fingerprint density at radius 3 is 2.44 bits per heavy atom. The van der Waals surface area contributed by atoms with Crippen LogP contribution in [-0.4, -0.2) is 16.2 Å². The first-order valence-corrected chi connectivity index (χ1v) is 5.52. The van der Waals surface area contributed by atoms with E-state index in [1.54, 1.807) is 0 Å². The summed E-state index contributed by atoms with van der Waals surface area (Å²) >= 11 is 11.7. The van der Waals surface area contributed by atoms with Crippen LogP contribution < -0.4 is 0 Å². The van der Waals surface area contributed by atoms with Gasteiger partial charge in [-0.05, 0) is 19.1 Å². The number of rotatable bonds is 2. The first-order valence-electron chi connectivity index (χ1n) is 4.76. The molecule has 1 N–H and O–H groups in total. The average molecular weight is 290 g/mol. The standard InChI is InChI=1S/C11H6Cl2FNO3/c1-4-8(11(16)17)10(15-18-4)9-6(12)2-5(14)3-7(9)13/h2-3H,1H3,(H,16,17). The highest BCUT2D eigenvalue weighted by Crippen LogP contribution is 2.37. The Balaban J connectivity index is 2.74. The number of aromatic carboxylic acids is 1. The molecule has 94 valence electrons. The van der Waals surface area contributed by atoms with E-state index in [4.69, 9.17) is 32.8 Å². The van der Waals surface area contributed by atoms with Crippen molar-refractivity contribution in [3.63, 3.8) is 0 Å². The average Bonchev–Trinajstić information content (AvgIpc) is 2.58. The molecule has 4 nitrogen and oxygen atoms in total. The van der Waals surface area contributed by atoms with E-state index in [0.717, 1.165) is 12.1 Å². The molecule has 1 aromatic heterocycles. The SMILES string of the molecule is Cc1onc(-c2c(Cl)cc(F)cc2Cl)c1C(=O)O. The maximum absolute atomic E-state index is 13.1. The topological polar surface area (TPSA) is 63.3 Å². The molecular weight excluding hydrogens is 284 g/mol. The molecule has 0 aliphatic carbocycles. The van der Waals surface area contributed by atoms with E-state index in [-0.39, 0.29) is 32.6 Å². The molecule has 1 heterocycles. The monoisotopic (exact) mass is 289 g/mol. The Morgan fingerprint density at radius 2 is 1.94 bits per heavy atom. The molecule has 0 fully saturated rings. The van der Waals surface area contributed by atoms with Crippen LogP contribution in [0.25, 0.3) is 11.3 Å². The minimum atomic E-state index is -1.22. The Kier molecular flexibility index (Phi) is 3.28. The Bertz CT molecular complexity index is 616. The summed E-state index contributed by atoms with van der Waals surface area (Å²) in [5.41, 5.74) is -0.0330. The third-order valence-electron chi connectivity index (χ3n) is 2.32. The number of hydrogen-bond acceptors (Lipinski definition) is 3. The zero-order chi connectivity index (χ0) is 13.4. The summed E-state index contributed by atoms with van der Waals surface area (Å²) in [6.45, 7) is 1.45. The molecule has 18 heavy (non-hydrogen) atoms. The highest BCUT2D eigenvalue weighted by atomic mass is 35.5. The van der Waals surface area contributed by atoms with Crippen molar-refractivity contribution in [2.45, 2.75) is 6.92 Å². The van der Waals surface area contributed by atoms with Gasteiger partial charge in [-0.2, -0.15) is 0 Å². The number of hydrogen-bond donors (Lipinski definition) is 1. The molecule has 0 unspecified atom stereocenters. The van der Waals surface area contributed by atoms with Crippen LogP contribution in [0.4, 0.5) is 4.39 Å². The molecule has 0 bridgehead atoms. The predicted molar refractivity (Wildman–Crippen MR) is 63.6 cm³/mol. The first kappa shape index (κ1) is 12.9. The molecule has 0 amide bonds. The highest BCUT2D eigenvalue weighted by Gasteiger charge is 2.24. The zero-order valence-corrected chi connectivity index (χ0v) is 10.5. The molecule has 0 atom stereocenters. The predicted octanol–water partition coefficient (Wildman–Crippen LogP) is 3.79. The Morgan fingerprint density at radius 1 is 1.39 bits per heavy atom. The van der Waals surface area contributed by atoms with Crippen LogP contribution >= 0.6 is 23.2 Å². The molecule has 0 spiro atoms. The molecular formula is C11H6Cl2FNO3. The van der Waals surface area contributed by atoms with Gasteiger partial charge in [0.1, 0.15) is 22.8 Å². The van der Waals surface area contributed by atoms with Crippen molar-refractivity contribution in [1.29, 1.82) is 0 Å². The van der Waals surface area contributed by atoms with Gasteiger partial charge in [0.25, 0.3) is 0 Å². The molecule has 0 radical (unpaired) electrons. The number of aromatic nitrogens is 1. The number of halogens is 3. The minimum absolute atomic E-state index is 0.0185. The second-order valence-corrected chi connectivity index (χ2v) is 4.33. The van der Waals surface area contributed by atoms with Crippen molar-refractivity contribution in [2.75, 3.05) is 0 Å². The van der Waals surface area contributed by atoms with Gasteiger partial charge < -0.3 is 9.63 Å². The second-order valence-electron chi connectivity index (χ2n) is 3.51. The third kappa shape index (κ3) is 2.07. The lowest BCUT2D eigenvalue weighted by Gasteiger charge is -2.04.